The summed E-state index contributed by atoms with van der Waals surface area (Å²) in [5.74, 6) is -0.904. The number of ether oxygens (including phenoxy) is 3. The van der Waals surface area contributed by atoms with Gasteiger partial charge in [-0.05, 0) is 33.8 Å². The molecule has 0 amide bonds. The molecule has 0 aliphatic carbocycles. The van der Waals surface area contributed by atoms with Crippen LogP contribution in [0.5, 0.6) is 11.5 Å². The highest BCUT2D eigenvalue weighted by molar-refractivity contribution is 6.63. The van der Waals surface area contributed by atoms with Crippen molar-refractivity contribution in [3.8, 4) is 11.5 Å². The Bertz CT molecular complexity index is 981. The normalized spacial score (nSPS) is 21.0. The third kappa shape index (κ3) is 3.56. The molecule has 1 aromatic carbocycles. The van der Waals surface area contributed by atoms with Gasteiger partial charge in [-0.1, -0.05) is 6.07 Å². The van der Waals surface area contributed by atoms with Gasteiger partial charge in [-0.2, -0.15) is 5.10 Å². The predicted molar refractivity (Wildman–Crippen MR) is 110 cm³/mol. The van der Waals surface area contributed by atoms with Gasteiger partial charge >= 0.3 is 13.1 Å². The zero-order chi connectivity index (χ0) is 21.9. The van der Waals surface area contributed by atoms with E-state index >= 15 is 0 Å². The molecule has 0 radical (unpaired) electrons. The van der Waals surface area contributed by atoms with Crippen LogP contribution in [0.25, 0.3) is 0 Å². The third-order valence-electron chi connectivity index (χ3n) is 5.70. The molecule has 0 atom stereocenters. The summed E-state index contributed by atoms with van der Waals surface area (Å²) < 4.78 is 31.5. The van der Waals surface area contributed by atoms with E-state index in [4.69, 9.17) is 23.5 Å². The largest absolute Gasteiger partial charge is 0.498 e. The maximum atomic E-state index is 12.9. The molecule has 4 rings (SSSR count). The van der Waals surface area contributed by atoms with E-state index in [1.165, 1.54) is 0 Å². The van der Waals surface area contributed by atoms with Gasteiger partial charge in [-0.25, -0.2) is 4.79 Å². The van der Waals surface area contributed by atoms with Crippen LogP contribution in [-0.4, -0.2) is 39.9 Å². The number of nitrogens with zero attached hydrogens (tertiary/aromatic N) is 2. The van der Waals surface area contributed by atoms with Gasteiger partial charge in [-0.3, -0.25) is 4.68 Å². The van der Waals surface area contributed by atoms with E-state index in [9.17, 15) is 4.79 Å². The van der Waals surface area contributed by atoms with Crippen molar-refractivity contribution in [2.45, 2.75) is 65.1 Å². The Labute approximate surface area is 176 Å². The zero-order valence-electron chi connectivity index (χ0n) is 18.4. The van der Waals surface area contributed by atoms with Crippen LogP contribution >= 0.6 is 0 Å². The first-order chi connectivity index (χ1) is 13.9. The molecule has 0 N–H and O–H groups in total. The van der Waals surface area contributed by atoms with Crippen LogP contribution in [0.4, 0.5) is 0 Å². The van der Waals surface area contributed by atoms with Crippen molar-refractivity contribution in [1.29, 1.82) is 0 Å². The Hall–Kier alpha value is -2.52. The number of benzene rings is 1. The van der Waals surface area contributed by atoms with Crippen LogP contribution in [0.15, 0.2) is 24.5 Å². The number of cyclic esters (lactones) is 1. The zero-order valence-corrected chi connectivity index (χ0v) is 18.4. The van der Waals surface area contributed by atoms with Crippen LogP contribution in [0.1, 0.15) is 57.5 Å². The lowest BCUT2D eigenvalue weighted by atomic mass is 9.77. The highest BCUT2D eigenvalue weighted by Crippen LogP contribution is 2.41. The molecule has 1 saturated heterocycles. The smallest absolute Gasteiger partial charge is 0.488 e. The molecular formula is C21H27BN2O6. The van der Waals surface area contributed by atoms with Crippen LogP contribution in [0, 0.1) is 0 Å². The molecule has 8 nitrogen and oxygen atoms in total. The summed E-state index contributed by atoms with van der Waals surface area (Å²) in [6.07, 6.45) is 3.56. The monoisotopic (exact) mass is 414 g/mol. The van der Waals surface area contributed by atoms with Crippen LogP contribution in [0.3, 0.4) is 0 Å². The minimum atomic E-state index is -1.12. The van der Waals surface area contributed by atoms with Gasteiger partial charge in [0.2, 0.25) is 5.79 Å². The number of aromatic nitrogens is 2. The minimum absolute atomic E-state index is 0.227. The number of carbonyl (C=O) groups is 1. The highest BCUT2D eigenvalue weighted by Gasteiger charge is 2.53. The van der Waals surface area contributed by atoms with E-state index in [1.807, 2.05) is 47.0 Å². The molecule has 2 aliphatic heterocycles. The van der Waals surface area contributed by atoms with E-state index in [2.05, 4.69) is 5.10 Å². The molecule has 160 valence electrons. The highest BCUT2D eigenvalue weighted by atomic mass is 16.7. The fourth-order valence-corrected chi connectivity index (χ4v) is 3.41. The van der Waals surface area contributed by atoms with Gasteiger partial charge in [0.25, 0.3) is 0 Å². The number of carbonyl (C=O) groups excluding carboxylic acids is 1. The summed E-state index contributed by atoms with van der Waals surface area (Å²) in [5, 5.41) is 4.13. The predicted octanol–water partition coefficient (Wildman–Crippen LogP) is 2.58. The van der Waals surface area contributed by atoms with E-state index in [0.717, 1.165) is 5.56 Å². The summed E-state index contributed by atoms with van der Waals surface area (Å²) in [6.45, 7) is 11.5. The van der Waals surface area contributed by atoms with Gasteiger partial charge in [-0.15, -0.1) is 0 Å². The first-order valence-electron chi connectivity index (χ1n) is 9.94. The van der Waals surface area contributed by atoms with E-state index in [1.54, 1.807) is 30.8 Å². The second kappa shape index (κ2) is 6.75. The summed E-state index contributed by atoms with van der Waals surface area (Å²) >= 11 is 0. The molecule has 0 spiro atoms. The third-order valence-corrected chi connectivity index (χ3v) is 5.70. The second-order valence-electron chi connectivity index (χ2n) is 9.15. The average Bonchev–Trinajstić information content (AvgIpc) is 3.11. The Morgan fingerprint density at radius 3 is 2.33 bits per heavy atom. The molecule has 1 aromatic heterocycles. The quantitative estimate of drug-likeness (QED) is 0.562. The van der Waals surface area contributed by atoms with Crippen molar-refractivity contribution < 1.29 is 28.3 Å². The summed E-state index contributed by atoms with van der Waals surface area (Å²) in [4.78, 5) is 12.9. The molecule has 0 unspecified atom stereocenters. The minimum Gasteiger partial charge on any atom is -0.488 e. The second-order valence-corrected chi connectivity index (χ2v) is 9.15. The van der Waals surface area contributed by atoms with Gasteiger partial charge in [0.1, 0.15) is 23.7 Å². The van der Waals surface area contributed by atoms with Crippen molar-refractivity contribution in [3.63, 3.8) is 0 Å². The Kier molecular flexibility index (Phi) is 4.67. The van der Waals surface area contributed by atoms with Gasteiger partial charge < -0.3 is 23.5 Å². The van der Waals surface area contributed by atoms with Gasteiger partial charge in [0.15, 0.2) is 0 Å². The molecule has 3 heterocycles. The number of hydrogen-bond acceptors (Lipinski definition) is 7. The summed E-state index contributed by atoms with van der Waals surface area (Å²) in [7, 11) is 1.15. The van der Waals surface area contributed by atoms with E-state index < -0.39 is 30.1 Å². The number of hydrogen-bond donors (Lipinski definition) is 0. The Balaban J connectivity index is 1.72. The van der Waals surface area contributed by atoms with Gasteiger partial charge in [0, 0.05) is 38.1 Å². The first-order valence-corrected chi connectivity index (χ1v) is 9.94. The van der Waals surface area contributed by atoms with E-state index in [0.29, 0.717) is 17.0 Å². The molecule has 2 aliphatic rings. The lowest BCUT2D eigenvalue weighted by molar-refractivity contribution is -0.127. The lowest BCUT2D eigenvalue weighted by Gasteiger charge is -2.34. The molecule has 0 bridgehead atoms. The lowest BCUT2D eigenvalue weighted by Crippen LogP contribution is -2.44. The fourth-order valence-electron chi connectivity index (χ4n) is 3.41. The molecular weight excluding hydrogens is 387 g/mol. The Morgan fingerprint density at radius 1 is 1.07 bits per heavy atom. The van der Waals surface area contributed by atoms with Crippen LogP contribution < -0.4 is 14.9 Å². The van der Waals surface area contributed by atoms with Crippen molar-refractivity contribution in [2.24, 2.45) is 7.05 Å². The van der Waals surface area contributed by atoms with Crippen molar-refractivity contribution >= 4 is 18.6 Å². The molecule has 30 heavy (non-hydrogen) atoms. The summed E-state index contributed by atoms with van der Waals surface area (Å²) in [5.41, 5.74) is 0.689. The standard InChI is InChI=1S/C21H27BN2O6/c1-19(2)20(3,4)30-22(29-19)14-8-9-15(26-12-13-10-23-24(7)11-13)16-17(14)27-21(5,6)28-18(16)25/h8-11H,12H2,1-7H3. The number of rotatable bonds is 4. The molecule has 2 aromatic rings. The maximum Gasteiger partial charge on any atom is 0.498 e. The van der Waals surface area contributed by atoms with Crippen molar-refractivity contribution in [2.75, 3.05) is 0 Å². The van der Waals surface area contributed by atoms with Crippen molar-refractivity contribution in [1.82, 2.24) is 9.78 Å². The maximum absolute atomic E-state index is 12.9. The number of fused-ring (bicyclic) bond motifs is 1. The molecule has 9 heteroatoms. The topological polar surface area (TPSA) is 81.0 Å². The van der Waals surface area contributed by atoms with Crippen LogP contribution in [0.2, 0.25) is 0 Å². The van der Waals surface area contributed by atoms with Gasteiger partial charge in [0.05, 0.1) is 17.4 Å². The summed E-state index contributed by atoms with van der Waals surface area (Å²) in [6, 6.07) is 3.53. The average molecular weight is 414 g/mol. The van der Waals surface area contributed by atoms with Crippen molar-refractivity contribution in [3.05, 3.63) is 35.7 Å². The molecule has 1 fully saturated rings. The van der Waals surface area contributed by atoms with E-state index in [-0.39, 0.29) is 12.2 Å². The fraction of sp³-hybridized carbons (Fsp3) is 0.524. The first kappa shape index (κ1) is 20.7. The SMILES string of the molecule is Cn1cc(COc2ccc(B3OC(C)(C)C(C)(C)O3)c3c2C(=O)OC(C)(C)O3)cn1. The number of esters is 1. The van der Waals surface area contributed by atoms with Crippen LogP contribution in [-0.2, 0) is 27.7 Å². The Morgan fingerprint density at radius 2 is 1.73 bits per heavy atom. The number of aryl methyl sites for hydroxylation is 1. The molecule has 0 saturated carbocycles.